The molecule has 0 aliphatic carbocycles. The van der Waals surface area contributed by atoms with Gasteiger partial charge >= 0.3 is 5.97 Å². The van der Waals surface area contributed by atoms with Crippen molar-refractivity contribution >= 4 is 23.6 Å². The lowest BCUT2D eigenvalue weighted by atomic mass is 10.2. The van der Waals surface area contributed by atoms with Crippen molar-refractivity contribution < 1.29 is 19.4 Å². The van der Waals surface area contributed by atoms with Crippen LogP contribution in [0.2, 0.25) is 0 Å². The molecule has 98 valence electrons. The van der Waals surface area contributed by atoms with Crippen molar-refractivity contribution in [1.29, 1.82) is 0 Å². The van der Waals surface area contributed by atoms with Crippen LogP contribution in [0.15, 0.2) is 0 Å². The summed E-state index contributed by atoms with van der Waals surface area (Å²) in [7, 11) is 0. The van der Waals surface area contributed by atoms with Crippen molar-refractivity contribution in [2.45, 2.75) is 20.0 Å². The van der Waals surface area contributed by atoms with E-state index in [-0.39, 0.29) is 12.0 Å². The summed E-state index contributed by atoms with van der Waals surface area (Å²) in [5.41, 5.74) is 0. The first-order valence-electron chi connectivity index (χ1n) is 5.70. The van der Waals surface area contributed by atoms with E-state index in [9.17, 15) is 9.59 Å². The first-order valence-corrected chi connectivity index (χ1v) is 6.86. The first-order chi connectivity index (χ1) is 8.00. The zero-order chi connectivity index (χ0) is 12.8. The number of amides is 1. The summed E-state index contributed by atoms with van der Waals surface area (Å²) < 4.78 is 5.35. The molecule has 1 amide bonds. The number of aliphatic carboxylic acids is 1. The third-order valence-electron chi connectivity index (χ3n) is 2.61. The maximum Gasteiger partial charge on any atom is 0.307 e. The first kappa shape index (κ1) is 14.3. The van der Waals surface area contributed by atoms with Gasteiger partial charge in [-0.3, -0.25) is 9.59 Å². The van der Waals surface area contributed by atoms with Crippen molar-refractivity contribution in [3.8, 4) is 0 Å². The number of carbonyl (C=O) groups is 2. The Hall–Kier alpha value is -0.750. The van der Waals surface area contributed by atoms with Crippen LogP contribution < -0.4 is 0 Å². The molecule has 5 nitrogen and oxygen atoms in total. The van der Waals surface area contributed by atoms with Gasteiger partial charge in [0.15, 0.2) is 0 Å². The molecule has 0 aromatic rings. The zero-order valence-electron chi connectivity index (χ0n) is 10.2. The van der Waals surface area contributed by atoms with Crippen LogP contribution in [0.4, 0.5) is 0 Å². The van der Waals surface area contributed by atoms with Crippen LogP contribution in [0.3, 0.4) is 0 Å². The fraction of sp³-hybridized carbons (Fsp3) is 0.818. The molecule has 0 radical (unpaired) electrons. The van der Waals surface area contributed by atoms with Crippen molar-refractivity contribution in [2.75, 3.05) is 31.2 Å². The third-order valence-corrected chi connectivity index (χ3v) is 3.80. The Kier molecular flexibility index (Phi) is 5.77. The van der Waals surface area contributed by atoms with Crippen LogP contribution in [0.5, 0.6) is 0 Å². The number of thioether (sulfide) groups is 1. The second kappa shape index (κ2) is 6.86. The largest absolute Gasteiger partial charge is 0.481 e. The van der Waals surface area contributed by atoms with E-state index >= 15 is 0 Å². The summed E-state index contributed by atoms with van der Waals surface area (Å²) in [5, 5.41) is 8.71. The van der Waals surface area contributed by atoms with E-state index in [2.05, 4.69) is 0 Å². The van der Waals surface area contributed by atoms with Gasteiger partial charge < -0.3 is 14.7 Å². The standard InChI is InChI=1S/C11H19NO4S/c1-8(11(14)15)6-17-7-10(13)12-3-4-16-9(2)5-12/h8-9H,3-7H2,1-2H3,(H,14,15). The summed E-state index contributed by atoms with van der Waals surface area (Å²) >= 11 is 1.38. The molecule has 17 heavy (non-hydrogen) atoms. The minimum Gasteiger partial charge on any atom is -0.481 e. The summed E-state index contributed by atoms with van der Waals surface area (Å²) in [4.78, 5) is 24.2. The predicted molar refractivity (Wildman–Crippen MR) is 66.1 cm³/mol. The molecule has 1 N–H and O–H groups in total. The van der Waals surface area contributed by atoms with E-state index < -0.39 is 11.9 Å². The highest BCUT2D eigenvalue weighted by atomic mass is 32.2. The minimum absolute atomic E-state index is 0.0720. The van der Waals surface area contributed by atoms with Gasteiger partial charge in [0, 0.05) is 18.8 Å². The Morgan fingerprint density at radius 1 is 1.59 bits per heavy atom. The number of nitrogens with zero attached hydrogens (tertiary/aromatic N) is 1. The fourth-order valence-electron chi connectivity index (χ4n) is 1.53. The van der Waals surface area contributed by atoms with E-state index in [1.165, 1.54) is 11.8 Å². The molecular formula is C11H19NO4S. The van der Waals surface area contributed by atoms with Gasteiger partial charge in [-0.05, 0) is 6.92 Å². The van der Waals surface area contributed by atoms with E-state index in [4.69, 9.17) is 9.84 Å². The number of ether oxygens (including phenoxy) is 1. The zero-order valence-corrected chi connectivity index (χ0v) is 11.0. The number of carboxylic acid groups (broad SMARTS) is 1. The molecule has 0 bridgehead atoms. The Morgan fingerprint density at radius 2 is 2.29 bits per heavy atom. The average molecular weight is 261 g/mol. The molecule has 1 saturated heterocycles. The summed E-state index contributed by atoms with van der Waals surface area (Å²) in [6.07, 6.45) is 0.0932. The monoisotopic (exact) mass is 261 g/mol. The van der Waals surface area contributed by atoms with Crippen LogP contribution in [-0.4, -0.2) is 59.2 Å². The summed E-state index contributed by atoms with van der Waals surface area (Å²) in [6, 6.07) is 0. The van der Waals surface area contributed by atoms with Gasteiger partial charge in [0.25, 0.3) is 0 Å². The molecule has 2 atom stereocenters. The van der Waals surface area contributed by atoms with Crippen molar-refractivity contribution in [3.05, 3.63) is 0 Å². The smallest absolute Gasteiger partial charge is 0.307 e. The Morgan fingerprint density at radius 3 is 2.88 bits per heavy atom. The van der Waals surface area contributed by atoms with Crippen LogP contribution in [0.1, 0.15) is 13.8 Å². The molecule has 2 unspecified atom stereocenters. The fourth-order valence-corrected chi connectivity index (χ4v) is 2.50. The molecular weight excluding hydrogens is 242 g/mol. The lowest BCUT2D eigenvalue weighted by Gasteiger charge is -2.31. The van der Waals surface area contributed by atoms with Gasteiger partial charge in [0.05, 0.1) is 24.4 Å². The highest BCUT2D eigenvalue weighted by molar-refractivity contribution is 7.99. The molecule has 1 aliphatic heterocycles. The van der Waals surface area contributed by atoms with Crippen molar-refractivity contribution in [1.82, 2.24) is 4.90 Å². The summed E-state index contributed by atoms with van der Waals surface area (Å²) in [5.74, 6) is -0.324. The SMILES string of the molecule is CC1CN(C(=O)CSCC(C)C(=O)O)CCO1. The lowest BCUT2D eigenvalue weighted by molar-refractivity contribution is -0.140. The number of carboxylic acids is 1. The second-order valence-electron chi connectivity index (χ2n) is 4.28. The van der Waals surface area contributed by atoms with Crippen LogP contribution in [0, 0.1) is 5.92 Å². The Bertz CT molecular complexity index is 285. The maximum absolute atomic E-state index is 11.8. The molecule has 1 rings (SSSR count). The van der Waals surface area contributed by atoms with Gasteiger partial charge in [-0.1, -0.05) is 6.92 Å². The van der Waals surface area contributed by atoms with Gasteiger partial charge in [-0.2, -0.15) is 11.8 Å². The molecule has 6 heteroatoms. The third kappa shape index (κ3) is 4.95. The highest BCUT2D eigenvalue weighted by Crippen LogP contribution is 2.11. The number of morpholine rings is 1. The topological polar surface area (TPSA) is 66.8 Å². The van der Waals surface area contributed by atoms with Gasteiger partial charge in [0.1, 0.15) is 0 Å². The maximum atomic E-state index is 11.8. The molecule has 1 fully saturated rings. The number of carbonyl (C=O) groups excluding carboxylic acids is 1. The van der Waals surface area contributed by atoms with Crippen LogP contribution in [-0.2, 0) is 14.3 Å². The minimum atomic E-state index is -0.815. The summed E-state index contributed by atoms with van der Waals surface area (Å²) in [6.45, 7) is 5.45. The number of hydrogen-bond donors (Lipinski definition) is 1. The quantitative estimate of drug-likeness (QED) is 0.788. The van der Waals surface area contributed by atoms with Gasteiger partial charge in [-0.15, -0.1) is 0 Å². The molecule has 0 saturated carbocycles. The van der Waals surface area contributed by atoms with Crippen LogP contribution in [0.25, 0.3) is 0 Å². The second-order valence-corrected chi connectivity index (χ2v) is 5.31. The van der Waals surface area contributed by atoms with E-state index in [1.54, 1.807) is 11.8 Å². The van der Waals surface area contributed by atoms with Crippen molar-refractivity contribution in [2.24, 2.45) is 5.92 Å². The molecule has 0 spiro atoms. The normalized spacial score (nSPS) is 22.2. The predicted octanol–water partition coefficient (Wildman–Crippen LogP) is 0.688. The van der Waals surface area contributed by atoms with E-state index in [1.807, 2.05) is 6.92 Å². The molecule has 1 aliphatic rings. The van der Waals surface area contributed by atoms with E-state index in [0.717, 1.165) is 0 Å². The Balaban J connectivity index is 2.22. The van der Waals surface area contributed by atoms with Crippen LogP contribution >= 0.6 is 11.8 Å². The number of hydrogen-bond acceptors (Lipinski definition) is 4. The van der Waals surface area contributed by atoms with Crippen molar-refractivity contribution in [3.63, 3.8) is 0 Å². The average Bonchev–Trinajstić information content (AvgIpc) is 2.28. The Labute approximate surface area is 105 Å². The molecule has 1 heterocycles. The molecule has 0 aromatic heterocycles. The highest BCUT2D eigenvalue weighted by Gasteiger charge is 2.21. The van der Waals surface area contributed by atoms with Gasteiger partial charge in [0.2, 0.25) is 5.91 Å². The number of rotatable bonds is 5. The lowest BCUT2D eigenvalue weighted by Crippen LogP contribution is -2.45. The van der Waals surface area contributed by atoms with E-state index in [0.29, 0.717) is 31.2 Å². The molecule has 0 aromatic carbocycles. The van der Waals surface area contributed by atoms with Gasteiger partial charge in [-0.25, -0.2) is 0 Å².